The predicted octanol–water partition coefficient (Wildman–Crippen LogP) is 2.91. The molecule has 0 aromatic heterocycles. The largest absolute Gasteiger partial charge is 0.389 e. The van der Waals surface area contributed by atoms with Gasteiger partial charge in [0.05, 0.1) is 12.2 Å². The molecule has 3 atom stereocenters. The highest BCUT2D eigenvalue weighted by molar-refractivity contribution is 5.84. The average Bonchev–Trinajstić information content (AvgIpc) is 2.59. The first-order valence-electron chi connectivity index (χ1n) is 6.89. The number of alkyl halides is 3. The summed E-state index contributed by atoms with van der Waals surface area (Å²) in [5.41, 5.74) is 0. The summed E-state index contributed by atoms with van der Waals surface area (Å²) in [4.78, 5) is 13.8. The van der Waals surface area contributed by atoms with Gasteiger partial charge in [-0.3, -0.25) is 10.1 Å². The molecule has 1 rings (SSSR count). The molecule has 1 saturated heterocycles. The van der Waals surface area contributed by atoms with Gasteiger partial charge in [0.1, 0.15) is 0 Å². The molecule has 0 radical (unpaired) electrons. The highest BCUT2D eigenvalue weighted by Gasteiger charge is 2.38. The molecular weight excluding hydrogens is 257 g/mol. The van der Waals surface area contributed by atoms with Crippen LogP contribution in [0.4, 0.5) is 13.2 Å². The molecule has 0 aromatic rings. The van der Waals surface area contributed by atoms with E-state index in [0.29, 0.717) is 13.0 Å². The van der Waals surface area contributed by atoms with Crippen LogP contribution in [0.15, 0.2) is 0 Å². The third kappa shape index (κ3) is 4.67. The van der Waals surface area contributed by atoms with Crippen LogP contribution in [-0.4, -0.2) is 35.7 Å². The first-order chi connectivity index (χ1) is 8.76. The Morgan fingerprint density at radius 1 is 1.37 bits per heavy atom. The molecule has 0 bridgehead atoms. The molecule has 1 heterocycles. The van der Waals surface area contributed by atoms with Gasteiger partial charge in [-0.1, -0.05) is 20.3 Å². The van der Waals surface area contributed by atoms with E-state index in [4.69, 9.17) is 0 Å². The Bertz CT molecular complexity index is 307. The third-order valence-electron chi connectivity index (χ3n) is 3.76. The number of unbranched alkanes of at least 4 members (excludes halogenated alkanes) is 1. The van der Waals surface area contributed by atoms with E-state index in [1.165, 1.54) is 0 Å². The second-order valence-electron chi connectivity index (χ2n) is 5.31. The minimum absolute atomic E-state index is 0.0221. The maximum Gasteiger partial charge on any atom is 0.389 e. The zero-order chi connectivity index (χ0) is 14.6. The zero-order valence-electron chi connectivity index (χ0n) is 11.8. The molecule has 1 amide bonds. The molecule has 0 aromatic carbocycles. The van der Waals surface area contributed by atoms with Crippen molar-refractivity contribution in [1.82, 2.24) is 10.2 Å². The fraction of sp³-hybridized carbons (Fsp3) is 0.923. The minimum atomic E-state index is -4.10. The number of rotatable bonds is 6. The van der Waals surface area contributed by atoms with Crippen LogP contribution in [0.3, 0.4) is 0 Å². The van der Waals surface area contributed by atoms with Crippen molar-refractivity contribution in [3.8, 4) is 0 Å². The predicted molar refractivity (Wildman–Crippen MR) is 67.5 cm³/mol. The van der Waals surface area contributed by atoms with Crippen LogP contribution in [0.1, 0.15) is 46.5 Å². The van der Waals surface area contributed by atoms with Crippen molar-refractivity contribution in [2.45, 2.75) is 64.8 Å². The van der Waals surface area contributed by atoms with Crippen LogP contribution in [0.2, 0.25) is 0 Å². The second-order valence-corrected chi connectivity index (χ2v) is 5.31. The molecule has 1 aliphatic rings. The fourth-order valence-corrected chi connectivity index (χ4v) is 2.35. The molecule has 3 nitrogen and oxygen atoms in total. The highest BCUT2D eigenvalue weighted by atomic mass is 19.4. The second kappa shape index (κ2) is 6.59. The van der Waals surface area contributed by atoms with E-state index >= 15 is 0 Å². The minimum Gasteiger partial charge on any atom is -0.326 e. The number of nitrogens with zero attached hydrogens (tertiary/aromatic N) is 1. The lowest BCUT2D eigenvalue weighted by molar-refractivity contribution is -0.136. The van der Waals surface area contributed by atoms with Crippen LogP contribution in [0, 0.1) is 5.92 Å². The van der Waals surface area contributed by atoms with Crippen LogP contribution in [0.5, 0.6) is 0 Å². The molecule has 19 heavy (non-hydrogen) atoms. The quantitative estimate of drug-likeness (QED) is 0.759. The van der Waals surface area contributed by atoms with Gasteiger partial charge in [-0.05, 0) is 25.7 Å². The number of carbonyl (C=O) groups excluding carboxylic acids is 1. The monoisotopic (exact) mass is 280 g/mol. The summed E-state index contributed by atoms with van der Waals surface area (Å²) in [6.07, 6.45) is -3.59. The van der Waals surface area contributed by atoms with E-state index in [1.807, 2.05) is 20.8 Å². The van der Waals surface area contributed by atoms with Crippen molar-refractivity contribution in [3.05, 3.63) is 0 Å². The van der Waals surface area contributed by atoms with Gasteiger partial charge in [0.2, 0.25) is 5.91 Å². The summed E-state index contributed by atoms with van der Waals surface area (Å²) in [5.74, 6) is 0.268. The Labute approximate surface area is 112 Å². The van der Waals surface area contributed by atoms with Gasteiger partial charge >= 0.3 is 6.18 Å². The lowest BCUT2D eigenvalue weighted by Gasteiger charge is -2.21. The van der Waals surface area contributed by atoms with Crippen LogP contribution >= 0.6 is 0 Å². The van der Waals surface area contributed by atoms with Gasteiger partial charge in [-0.15, -0.1) is 0 Å². The molecular formula is C13H23F3N2O. The molecule has 1 N–H and O–H groups in total. The van der Waals surface area contributed by atoms with Gasteiger partial charge < -0.3 is 4.90 Å². The van der Waals surface area contributed by atoms with E-state index in [-0.39, 0.29) is 30.5 Å². The molecule has 0 spiro atoms. The topological polar surface area (TPSA) is 32.3 Å². The average molecular weight is 280 g/mol. The van der Waals surface area contributed by atoms with Crippen molar-refractivity contribution < 1.29 is 18.0 Å². The van der Waals surface area contributed by atoms with Gasteiger partial charge in [-0.25, -0.2) is 0 Å². The number of halogens is 3. The summed E-state index contributed by atoms with van der Waals surface area (Å²) in [5, 5.41) is 3.22. The molecule has 6 heteroatoms. The molecule has 112 valence electrons. The van der Waals surface area contributed by atoms with E-state index in [0.717, 1.165) is 6.42 Å². The van der Waals surface area contributed by atoms with E-state index in [2.05, 4.69) is 5.32 Å². The maximum absolute atomic E-state index is 12.1. The fourth-order valence-electron chi connectivity index (χ4n) is 2.35. The van der Waals surface area contributed by atoms with Gasteiger partial charge in [-0.2, -0.15) is 13.2 Å². The Morgan fingerprint density at radius 3 is 2.53 bits per heavy atom. The van der Waals surface area contributed by atoms with Crippen LogP contribution < -0.4 is 5.32 Å². The zero-order valence-corrected chi connectivity index (χ0v) is 11.8. The Balaban J connectivity index is 2.40. The third-order valence-corrected chi connectivity index (χ3v) is 3.76. The summed E-state index contributed by atoms with van der Waals surface area (Å²) < 4.78 is 36.1. The van der Waals surface area contributed by atoms with E-state index in [9.17, 15) is 18.0 Å². The normalized spacial score (nSPS) is 26.0. The summed E-state index contributed by atoms with van der Waals surface area (Å²) in [6, 6.07) is -0.192. The number of carbonyl (C=O) groups is 1. The molecule has 1 aliphatic heterocycles. The van der Waals surface area contributed by atoms with Gasteiger partial charge in [0, 0.05) is 13.0 Å². The highest BCUT2D eigenvalue weighted by Crippen LogP contribution is 2.23. The molecule has 1 fully saturated rings. The van der Waals surface area contributed by atoms with Crippen LogP contribution in [-0.2, 0) is 4.79 Å². The standard InChI is InChI=1S/C13H23F3N2O/c1-4-9(2)11-12(19)18(10(3)17-11)8-6-5-7-13(14,15)16/h9-11,17H,4-8H2,1-3H3. The maximum atomic E-state index is 12.1. The lowest BCUT2D eigenvalue weighted by atomic mass is 9.99. The molecule has 0 aliphatic carbocycles. The Kier molecular flexibility index (Phi) is 5.64. The number of hydrogen-bond donors (Lipinski definition) is 1. The lowest BCUT2D eigenvalue weighted by Crippen LogP contribution is -2.36. The SMILES string of the molecule is CCC(C)C1NC(C)N(CCCCC(F)(F)F)C1=O. The van der Waals surface area contributed by atoms with Crippen molar-refractivity contribution in [2.24, 2.45) is 5.92 Å². The van der Waals surface area contributed by atoms with Crippen LogP contribution in [0.25, 0.3) is 0 Å². The smallest absolute Gasteiger partial charge is 0.326 e. The van der Waals surface area contributed by atoms with Gasteiger partial charge in [0.15, 0.2) is 0 Å². The van der Waals surface area contributed by atoms with E-state index in [1.54, 1.807) is 4.90 Å². The van der Waals surface area contributed by atoms with Crippen molar-refractivity contribution in [1.29, 1.82) is 0 Å². The number of amides is 1. The molecule has 3 unspecified atom stereocenters. The van der Waals surface area contributed by atoms with Gasteiger partial charge in [0.25, 0.3) is 0 Å². The van der Waals surface area contributed by atoms with Crippen molar-refractivity contribution in [3.63, 3.8) is 0 Å². The Morgan fingerprint density at radius 2 is 2.00 bits per heavy atom. The first-order valence-corrected chi connectivity index (χ1v) is 6.89. The summed E-state index contributed by atoms with van der Waals surface area (Å²) >= 11 is 0. The van der Waals surface area contributed by atoms with Crippen molar-refractivity contribution in [2.75, 3.05) is 6.54 Å². The summed E-state index contributed by atoms with van der Waals surface area (Å²) in [7, 11) is 0. The Hall–Kier alpha value is -0.780. The molecule has 0 saturated carbocycles. The number of hydrogen-bond acceptors (Lipinski definition) is 2. The first kappa shape index (κ1) is 16.3. The van der Waals surface area contributed by atoms with Crippen molar-refractivity contribution >= 4 is 5.91 Å². The summed E-state index contributed by atoms with van der Waals surface area (Å²) in [6.45, 7) is 6.31. The van der Waals surface area contributed by atoms with E-state index < -0.39 is 12.6 Å². The number of nitrogens with one attached hydrogen (secondary N) is 1.